The van der Waals surface area contributed by atoms with Crippen molar-refractivity contribution in [3.05, 3.63) is 101 Å². The van der Waals surface area contributed by atoms with Gasteiger partial charge in [-0.1, -0.05) is 49.4 Å². The fourth-order valence-corrected chi connectivity index (χ4v) is 6.15. The highest BCUT2D eigenvalue weighted by molar-refractivity contribution is 6.00. The first-order chi connectivity index (χ1) is 20.0. The van der Waals surface area contributed by atoms with Crippen LogP contribution in [0.15, 0.2) is 84.5 Å². The van der Waals surface area contributed by atoms with Gasteiger partial charge in [0, 0.05) is 30.1 Å². The van der Waals surface area contributed by atoms with Crippen LogP contribution in [0.3, 0.4) is 0 Å². The van der Waals surface area contributed by atoms with Crippen molar-refractivity contribution in [2.75, 3.05) is 13.1 Å². The number of rotatable bonds is 10. The van der Waals surface area contributed by atoms with Gasteiger partial charge in [-0.15, -0.1) is 0 Å². The maximum atomic E-state index is 13.8. The number of carbonyl (C=O) groups excluding carboxylic acids is 1. The molecule has 0 N–H and O–H groups in total. The molecule has 0 saturated carbocycles. The van der Waals surface area contributed by atoms with Crippen molar-refractivity contribution in [1.82, 2.24) is 4.90 Å². The molecule has 0 aromatic heterocycles. The smallest absolute Gasteiger partial charge is 0.188 e. The number of Topliss-reactive ketones (excluding diaryl/α,β-unsaturated/α-hetero) is 1. The Kier molecular flexibility index (Phi) is 8.68. The molecule has 2 aromatic carbocycles. The molecule has 5 nitrogen and oxygen atoms in total. The van der Waals surface area contributed by atoms with Gasteiger partial charge < -0.3 is 19.1 Å². The van der Waals surface area contributed by atoms with Crippen LogP contribution < -0.4 is 9.47 Å². The lowest BCUT2D eigenvalue weighted by Gasteiger charge is -2.35. The number of benzene rings is 2. The van der Waals surface area contributed by atoms with Crippen LogP contribution in [0.1, 0.15) is 64.2 Å². The van der Waals surface area contributed by atoms with Gasteiger partial charge in [-0.25, -0.2) is 0 Å². The lowest BCUT2D eigenvalue weighted by Crippen LogP contribution is -2.35. The van der Waals surface area contributed by atoms with Crippen LogP contribution >= 0.6 is 0 Å². The van der Waals surface area contributed by atoms with E-state index in [-0.39, 0.29) is 23.7 Å². The number of hydrogen-bond acceptors (Lipinski definition) is 5. The second-order valence-electron chi connectivity index (χ2n) is 12.8. The highest BCUT2D eigenvalue weighted by Crippen LogP contribution is 2.40. The molecule has 0 radical (unpaired) electrons. The molecular weight excluding hydrogens is 522 g/mol. The largest absolute Gasteiger partial charge is 0.491 e. The summed E-state index contributed by atoms with van der Waals surface area (Å²) in [7, 11) is 0. The normalized spacial score (nSPS) is 22.6. The molecule has 5 rings (SSSR count). The van der Waals surface area contributed by atoms with E-state index in [0.717, 1.165) is 59.8 Å². The summed E-state index contributed by atoms with van der Waals surface area (Å²) < 4.78 is 18.6. The van der Waals surface area contributed by atoms with Crippen molar-refractivity contribution in [3.63, 3.8) is 0 Å². The average Bonchev–Trinajstić information content (AvgIpc) is 3.38. The molecule has 1 saturated heterocycles. The van der Waals surface area contributed by atoms with Gasteiger partial charge in [0.1, 0.15) is 17.3 Å². The maximum Gasteiger partial charge on any atom is 0.188 e. The molecule has 222 valence electrons. The van der Waals surface area contributed by atoms with Crippen LogP contribution in [0.5, 0.6) is 11.5 Å². The summed E-state index contributed by atoms with van der Waals surface area (Å²) in [5.41, 5.74) is 3.73. The van der Waals surface area contributed by atoms with Crippen molar-refractivity contribution in [1.29, 1.82) is 0 Å². The first-order valence-electron chi connectivity index (χ1n) is 15.3. The predicted molar refractivity (Wildman–Crippen MR) is 169 cm³/mol. The monoisotopic (exact) mass is 567 g/mol. The molecule has 0 bridgehead atoms. The minimum atomic E-state index is -0.519. The molecule has 1 aliphatic carbocycles. The number of ketones is 1. The lowest BCUT2D eigenvalue weighted by atomic mass is 9.82. The number of allylic oxidation sites excluding steroid dienone is 4. The Morgan fingerprint density at radius 1 is 1.17 bits per heavy atom. The molecule has 2 heterocycles. The van der Waals surface area contributed by atoms with Gasteiger partial charge in [-0.3, -0.25) is 4.79 Å². The third-order valence-electron chi connectivity index (χ3n) is 8.47. The number of fused-ring (bicyclic) bond motifs is 1. The number of likely N-dealkylation sites (tertiary alicyclic amines) is 1. The zero-order chi connectivity index (χ0) is 30.0. The molecule has 5 heteroatoms. The number of hydrogen-bond donors (Lipinski definition) is 0. The van der Waals surface area contributed by atoms with Crippen molar-refractivity contribution < 1.29 is 19.0 Å². The van der Waals surface area contributed by atoms with Gasteiger partial charge in [0.05, 0.1) is 6.10 Å². The highest BCUT2D eigenvalue weighted by Gasteiger charge is 2.39. The molecule has 3 aliphatic rings. The summed E-state index contributed by atoms with van der Waals surface area (Å²) in [5.74, 6) is 3.88. The van der Waals surface area contributed by atoms with E-state index in [1.54, 1.807) is 0 Å². The van der Waals surface area contributed by atoms with Gasteiger partial charge in [-0.05, 0) is 108 Å². The van der Waals surface area contributed by atoms with E-state index in [4.69, 9.17) is 14.2 Å². The summed E-state index contributed by atoms with van der Waals surface area (Å²) in [6, 6.07) is 14.2. The van der Waals surface area contributed by atoms with Crippen molar-refractivity contribution >= 4 is 11.9 Å². The number of ether oxygens (including phenoxy) is 3. The fourth-order valence-electron chi connectivity index (χ4n) is 6.15. The van der Waals surface area contributed by atoms with Crippen LogP contribution in [0, 0.1) is 24.7 Å². The average molecular weight is 568 g/mol. The number of para-hydroxylation sites is 1. The standard InChI is InChI=1S/C37H45NO4/c1-24(2)40-34-21-31-20-28(19-26(4)36(31)42-37(34,6)7)15-18-30-22-38(27(5)41-32-11-9-8-10-12-32)23-33(30)35(39)29-16-13-25(3)14-17-29/h8-13,16-17,19-21,24-25,30,33H,5,14-15,18,22-23H2,1-4,6-7H3/t25-,30?,33?/m1/s1. The topological polar surface area (TPSA) is 48.0 Å². The van der Waals surface area contributed by atoms with E-state index in [9.17, 15) is 4.79 Å². The van der Waals surface area contributed by atoms with Crippen LogP contribution in [0.4, 0.5) is 0 Å². The summed E-state index contributed by atoms with van der Waals surface area (Å²) in [6.07, 6.45) is 11.1. The van der Waals surface area contributed by atoms with Crippen LogP contribution in [-0.4, -0.2) is 35.5 Å². The van der Waals surface area contributed by atoms with Gasteiger partial charge >= 0.3 is 0 Å². The van der Waals surface area contributed by atoms with Gasteiger partial charge in [0.2, 0.25) is 0 Å². The van der Waals surface area contributed by atoms with Crippen LogP contribution in [-0.2, 0) is 16.0 Å². The van der Waals surface area contributed by atoms with Crippen molar-refractivity contribution in [2.24, 2.45) is 17.8 Å². The quantitative estimate of drug-likeness (QED) is 0.272. The maximum absolute atomic E-state index is 13.8. The molecule has 2 aromatic rings. The number of nitrogens with zero attached hydrogens (tertiary/aromatic N) is 1. The molecule has 0 amide bonds. The Balaban J connectivity index is 1.35. The van der Waals surface area contributed by atoms with E-state index >= 15 is 0 Å². The van der Waals surface area contributed by atoms with Crippen LogP contribution in [0.25, 0.3) is 6.08 Å². The highest BCUT2D eigenvalue weighted by atomic mass is 16.6. The molecule has 42 heavy (non-hydrogen) atoms. The molecule has 2 unspecified atom stereocenters. The molecule has 0 spiro atoms. The zero-order valence-electron chi connectivity index (χ0n) is 26.0. The Hall–Kier alpha value is -3.73. The fraction of sp³-hybridized carbons (Fsp3) is 0.432. The summed E-state index contributed by atoms with van der Waals surface area (Å²) in [5, 5.41) is 0. The van der Waals surface area contributed by atoms with Crippen molar-refractivity contribution in [3.8, 4) is 11.5 Å². The number of aryl methyl sites for hydroxylation is 2. The lowest BCUT2D eigenvalue weighted by molar-refractivity contribution is -0.119. The van der Waals surface area contributed by atoms with Crippen LogP contribution in [0.2, 0.25) is 0 Å². The van der Waals surface area contributed by atoms with Gasteiger partial charge in [0.15, 0.2) is 17.3 Å². The SMILES string of the molecule is C=C(Oc1ccccc1)N1CC(CCc2cc(C)c3c(c2)C=C(OC(C)C)C(C)(C)O3)C(C(=O)C2=CC[C@H](C)C=C2)C1. The Bertz CT molecular complexity index is 1410. The second-order valence-corrected chi connectivity index (χ2v) is 12.8. The van der Waals surface area contributed by atoms with Crippen molar-refractivity contribution in [2.45, 2.75) is 72.5 Å². The third-order valence-corrected chi connectivity index (χ3v) is 8.47. The summed E-state index contributed by atoms with van der Waals surface area (Å²) in [6.45, 7) is 18.0. The Labute approximate surface area is 251 Å². The zero-order valence-corrected chi connectivity index (χ0v) is 26.0. The minimum Gasteiger partial charge on any atom is -0.491 e. The van der Waals surface area contributed by atoms with Gasteiger partial charge in [-0.2, -0.15) is 0 Å². The third kappa shape index (κ3) is 6.67. The van der Waals surface area contributed by atoms with E-state index in [2.05, 4.69) is 55.7 Å². The molecular formula is C37H45NO4. The molecule has 1 fully saturated rings. The van der Waals surface area contributed by atoms with E-state index in [1.807, 2.05) is 64.1 Å². The Morgan fingerprint density at radius 2 is 1.93 bits per heavy atom. The first-order valence-corrected chi connectivity index (χ1v) is 15.3. The van der Waals surface area contributed by atoms with E-state index in [1.165, 1.54) is 5.56 Å². The van der Waals surface area contributed by atoms with Gasteiger partial charge in [0.25, 0.3) is 0 Å². The van der Waals surface area contributed by atoms with E-state index < -0.39 is 5.60 Å². The second kappa shape index (κ2) is 12.2. The van der Waals surface area contributed by atoms with E-state index in [0.29, 0.717) is 18.3 Å². The Morgan fingerprint density at radius 3 is 2.62 bits per heavy atom. The summed E-state index contributed by atoms with van der Waals surface area (Å²) >= 11 is 0. The molecule has 3 atom stereocenters. The first kappa shape index (κ1) is 29.8. The molecule has 2 aliphatic heterocycles. The number of carbonyl (C=O) groups is 1. The minimum absolute atomic E-state index is 0.0719. The predicted octanol–water partition coefficient (Wildman–Crippen LogP) is 8.05. The summed E-state index contributed by atoms with van der Waals surface area (Å²) in [4.78, 5) is 16.0.